The molecule has 1 aromatic heterocycles. The van der Waals surface area contributed by atoms with E-state index in [0.29, 0.717) is 30.2 Å². The van der Waals surface area contributed by atoms with Crippen LogP contribution in [0.1, 0.15) is 44.9 Å². The minimum atomic E-state index is -0.330. The lowest BCUT2D eigenvalue weighted by Gasteiger charge is -2.24. The summed E-state index contributed by atoms with van der Waals surface area (Å²) in [7, 11) is 1.38. The van der Waals surface area contributed by atoms with Crippen molar-refractivity contribution < 1.29 is 14.3 Å². The Balaban J connectivity index is 1.47. The van der Waals surface area contributed by atoms with Gasteiger partial charge in [0.15, 0.2) is 5.13 Å². The monoisotopic (exact) mass is 371 g/mol. The third kappa shape index (κ3) is 3.31. The van der Waals surface area contributed by atoms with Gasteiger partial charge in [-0.1, -0.05) is 17.4 Å². The zero-order valence-corrected chi connectivity index (χ0v) is 15.5. The normalized spacial score (nSPS) is 15.8. The smallest absolute Gasteiger partial charge is 0.409 e. The van der Waals surface area contributed by atoms with Gasteiger partial charge in [-0.25, -0.2) is 9.78 Å². The van der Waals surface area contributed by atoms with Crippen molar-refractivity contribution in [3.63, 3.8) is 0 Å². The van der Waals surface area contributed by atoms with Crippen LogP contribution in [0.4, 0.5) is 9.93 Å². The molecule has 0 spiro atoms. The van der Waals surface area contributed by atoms with E-state index in [2.05, 4.69) is 16.4 Å². The molecule has 6 nitrogen and oxygen atoms in total. The van der Waals surface area contributed by atoms with E-state index in [1.807, 2.05) is 12.1 Å². The molecular formula is C19H21N3O3S. The van der Waals surface area contributed by atoms with Crippen molar-refractivity contribution in [2.24, 2.45) is 0 Å². The second-order valence-corrected chi connectivity index (χ2v) is 7.76. The number of carbonyl (C=O) groups excluding carboxylic acids is 2. The van der Waals surface area contributed by atoms with Gasteiger partial charge in [0.25, 0.3) is 5.91 Å². The van der Waals surface area contributed by atoms with Gasteiger partial charge in [-0.3, -0.25) is 10.1 Å². The van der Waals surface area contributed by atoms with Gasteiger partial charge in [0.1, 0.15) is 0 Å². The standard InChI is InChI=1S/C19H21N3O3S/c1-25-19(24)22-9-8-15-16(11-22)26-18(20-15)21-17(23)14-7-6-12-4-2-3-5-13(12)10-14/h6-7,10H,2-5,8-9,11H2,1H3,(H,20,21,23). The number of nitrogens with zero attached hydrogens (tertiary/aromatic N) is 2. The Morgan fingerprint density at radius 3 is 2.81 bits per heavy atom. The highest BCUT2D eigenvalue weighted by Crippen LogP contribution is 2.29. The molecule has 0 saturated heterocycles. The fourth-order valence-corrected chi connectivity index (χ4v) is 4.60. The number of ether oxygens (including phenoxy) is 1. The summed E-state index contributed by atoms with van der Waals surface area (Å²) in [6.07, 6.45) is 4.91. The molecule has 136 valence electrons. The number of aromatic nitrogens is 1. The van der Waals surface area contributed by atoms with E-state index in [9.17, 15) is 9.59 Å². The molecule has 1 N–H and O–H groups in total. The summed E-state index contributed by atoms with van der Waals surface area (Å²) in [5.74, 6) is -0.130. The van der Waals surface area contributed by atoms with E-state index in [-0.39, 0.29) is 12.0 Å². The lowest BCUT2D eigenvalue weighted by atomic mass is 9.90. The highest BCUT2D eigenvalue weighted by atomic mass is 32.1. The molecular weight excluding hydrogens is 350 g/mol. The molecule has 2 amide bonds. The van der Waals surface area contributed by atoms with Crippen LogP contribution in [0.15, 0.2) is 18.2 Å². The molecule has 0 unspecified atom stereocenters. The van der Waals surface area contributed by atoms with Crippen LogP contribution in [0.5, 0.6) is 0 Å². The molecule has 2 aliphatic rings. The number of benzene rings is 1. The van der Waals surface area contributed by atoms with Crippen LogP contribution in [-0.2, 0) is 30.5 Å². The lowest BCUT2D eigenvalue weighted by molar-refractivity contribution is 0.102. The average Bonchev–Trinajstić information content (AvgIpc) is 3.08. The number of methoxy groups -OCH3 is 1. The van der Waals surface area contributed by atoms with Crippen molar-refractivity contribution in [3.8, 4) is 0 Å². The van der Waals surface area contributed by atoms with Crippen molar-refractivity contribution in [3.05, 3.63) is 45.5 Å². The summed E-state index contributed by atoms with van der Waals surface area (Å²) in [4.78, 5) is 31.5. The molecule has 0 saturated carbocycles. The van der Waals surface area contributed by atoms with Crippen LogP contribution < -0.4 is 5.32 Å². The van der Waals surface area contributed by atoms with Gasteiger partial charge in [0.2, 0.25) is 0 Å². The molecule has 26 heavy (non-hydrogen) atoms. The first-order chi connectivity index (χ1) is 12.6. The Morgan fingerprint density at radius 1 is 1.19 bits per heavy atom. The number of fused-ring (bicyclic) bond motifs is 2. The molecule has 0 atom stereocenters. The fourth-order valence-electron chi connectivity index (χ4n) is 3.58. The predicted molar refractivity (Wildman–Crippen MR) is 99.7 cm³/mol. The van der Waals surface area contributed by atoms with Gasteiger partial charge in [-0.2, -0.15) is 0 Å². The predicted octanol–water partition coefficient (Wildman–Crippen LogP) is 3.40. The summed E-state index contributed by atoms with van der Waals surface area (Å²) >= 11 is 1.43. The molecule has 0 bridgehead atoms. The van der Waals surface area contributed by atoms with Gasteiger partial charge in [0.05, 0.1) is 19.3 Å². The van der Waals surface area contributed by atoms with E-state index in [1.54, 1.807) is 4.90 Å². The third-order valence-corrected chi connectivity index (χ3v) is 5.99. The summed E-state index contributed by atoms with van der Waals surface area (Å²) in [6.45, 7) is 1.07. The lowest BCUT2D eigenvalue weighted by Crippen LogP contribution is -2.35. The molecule has 0 radical (unpaired) electrons. The quantitative estimate of drug-likeness (QED) is 0.878. The molecule has 2 aromatic rings. The average molecular weight is 371 g/mol. The van der Waals surface area contributed by atoms with E-state index in [0.717, 1.165) is 23.4 Å². The van der Waals surface area contributed by atoms with Crippen LogP contribution in [0.3, 0.4) is 0 Å². The number of thiazole rings is 1. The fraction of sp³-hybridized carbons (Fsp3) is 0.421. The second kappa shape index (κ2) is 7.07. The second-order valence-electron chi connectivity index (χ2n) is 6.68. The van der Waals surface area contributed by atoms with Gasteiger partial charge < -0.3 is 9.64 Å². The highest BCUT2D eigenvalue weighted by molar-refractivity contribution is 7.15. The Bertz CT molecular complexity index is 862. The number of hydrogen-bond acceptors (Lipinski definition) is 5. The van der Waals surface area contributed by atoms with E-state index < -0.39 is 0 Å². The molecule has 2 heterocycles. The minimum absolute atomic E-state index is 0.130. The first-order valence-corrected chi connectivity index (χ1v) is 9.70. The summed E-state index contributed by atoms with van der Waals surface area (Å²) in [5.41, 5.74) is 4.28. The molecule has 1 aromatic carbocycles. The molecule has 1 aliphatic heterocycles. The maximum atomic E-state index is 12.6. The highest BCUT2D eigenvalue weighted by Gasteiger charge is 2.25. The Hall–Kier alpha value is -2.41. The van der Waals surface area contributed by atoms with Crippen LogP contribution in [0.2, 0.25) is 0 Å². The first-order valence-electron chi connectivity index (χ1n) is 8.88. The number of rotatable bonds is 2. The summed E-state index contributed by atoms with van der Waals surface area (Å²) < 4.78 is 4.78. The number of carbonyl (C=O) groups is 2. The van der Waals surface area contributed by atoms with Crippen LogP contribution in [0.25, 0.3) is 0 Å². The number of aryl methyl sites for hydroxylation is 2. The SMILES string of the molecule is COC(=O)N1CCc2nc(NC(=O)c3ccc4c(c3)CCCC4)sc2C1. The number of anilines is 1. The van der Waals surface area contributed by atoms with Gasteiger partial charge >= 0.3 is 6.09 Å². The van der Waals surface area contributed by atoms with Crippen LogP contribution >= 0.6 is 11.3 Å². The van der Waals surface area contributed by atoms with Crippen molar-refractivity contribution in [2.75, 3.05) is 19.0 Å². The van der Waals surface area contributed by atoms with Gasteiger partial charge in [-0.05, 0) is 48.9 Å². The Labute approximate surface area is 156 Å². The topological polar surface area (TPSA) is 71.5 Å². The molecule has 0 fully saturated rings. The largest absolute Gasteiger partial charge is 0.453 e. The summed E-state index contributed by atoms with van der Waals surface area (Å²) in [6, 6.07) is 5.98. The summed E-state index contributed by atoms with van der Waals surface area (Å²) in [5, 5.41) is 3.50. The zero-order chi connectivity index (χ0) is 18.1. The maximum absolute atomic E-state index is 12.6. The van der Waals surface area contributed by atoms with Gasteiger partial charge in [0, 0.05) is 23.4 Å². The molecule has 4 rings (SSSR count). The Kier molecular flexibility index (Phi) is 4.63. The number of nitrogens with one attached hydrogen (secondary N) is 1. The first kappa shape index (κ1) is 17.0. The third-order valence-electron chi connectivity index (χ3n) is 5.00. The number of hydrogen-bond donors (Lipinski definition) is 1. The van der Waals surface area contributed by atoms with Crippen LogP contribution in [-0.4, -0.2) is 35.5 Å². The van der Waals surface area contributed by atoms with Crippen molar-refractivity contribution in [1.82, 2.24) is 9.88 Å². The zero-order valence-electron chi connectivity index (χ0n) is 14.7. The van der Waals surface area contributed by atoms with Crippen molar-refractivity contribution >= 4 is 28.5 Å². The molecule has 1 aliphatic carbocycles. The van der Waals surface area contributed by atoms with Gasteiger partial charge in [-0.15, -0.1) is 0 Å². The minimum Gasteiger partial charge on any atom is -0.453 e. The van der Waals surface area contributed by atoms with Crippen LogP contribution in [0, 0.1) is 0 Å². The maximum Gasteiger partial charge on any atom is 0.409 e. The Morgan fingerprint density at radius 2 is 2.00 bits per heavy atom. The van der Waals surface area contributed by atoms with E-state index in [4.69, 9.17) is 4.74 Å². The van der Waals surface area contributed by atoms with Crippen molar-refractivity contribution in [1.29, 1.82) is 0 Å². The van der Waals surface area contributed by atoms with E-state index in [1.165, 1.54) is 42.4 Å². The molecule has 7 heteroatoms. The van der Waals surface area contributed by atoms with Crippen molar-refractivity contribution in [2.45, 2.75) is 38.6 Å². The van der Waals surface area contributed by atoms with E-state index >= 15 is 0 Å². The number of amides is 2.